The van der Waals surface area contributed by atoms with Crippen LogP contribution in [0.15, 0.2) is 79.6 Å². The van der Waals surface area contributed by atoms with Crippen LogP contribution in [0.2, 0.25) is 0 Å². The average Bonchev–Trinajstić information content (AvgIpc) is 3.49. The molecule has 2 heterocycles. The van der Waals surface area contributed by atoms with Gasteiger partial charge in [0.2, 0.25) is 11.8 Å². The van der Waals surface area contributed by atoms with Crippen LogP contribution >= 0.6 is 0 Å². The summed E-state index contributed by atoms with van der Waals surface area (Å²) in [6, 6.07) is 16.0. The monoisotopic (exact) mass is 415 g/mol. The topological polar surface area (TPSA) is 107 Å². The highest BCUT2D eigenvalue weighted by Crippen LogP contribution is 2.16. The summed E-state index contributed by atoms with van der Waals surface area (Å²) in [4.78, 5) is 28.5. The average molecular weight is 415 g/mol. The first-order valence-electron chi connectivity index (χ1n) is 9.72. The lowest BCUT2D eigenvalue weighted by molar-refractivity contribution is -0.119. The van der Waals surface area contributed by atoms with E-state index in [0.29, 0.717) is 11.4 Å². The highest BCUT2D eigenvalue weighted by Gasteiger charge is 2.15. The number of nitrogens with one attached hydrogen (secondary N) is 2. The van der Waals surface area contributed by atoms with E-state index in [9.17, 15) is 9.59 Å². The van der Waals surface area contributed by atoms with Crippen LogP contribution < -0.4 is 10.6 Å². The predicted octanol–water partition coefficient (Wildman–Crippen LogP) is 2.84. The zero-order chi connectivity index (χ0) is 21.6. The number of aromatic nitrogens is 5. The Morgan fingerprint density at radius 3 is 2.29 bits per heavy atom. The van der Waals surface area contributed by atoms with Crippen LogP contribution in [0.4, 0.5) is 11.4 Å². The van der Waals surface area contributed by atoms with Gasteiger partial charge in [0.05, 0.1) is 12.1 Å². The third-order valence-electron chi connectivity index (χ3n) is 4.72. The van der Waals surface area contributed by atoms with Crippen molar-refractivity contribution < 1.29 is 9.59 Å². The molecule has 4 rings (SSSR count). The maximum atomic E-state index is 12.4. The summed E-state index contributed by atoms with van der Waals surface area (Å²) in [7, 11) is 0. The Kier molecular flexibility index (Phi) is 5.84. The van der Waals surface area contributed by atoms with Crippen LogP contribution in [0.5, 0.6) is 0 Å². The van der Waals surface area contributed by atoms with Gasteiger partial charge in [-0.1, -0.05) is 12.1 Å². The normalized spacial score (nSPS) is 11.6. The summed E-state index contributed by atoms with van der Waals surface area (Å²) in [6.45, 7) is 1.74. The molecule has 1 atom stereocenters. The van der Waals surface area contributed by atoms with E-state index in [-0.39, 0.29) is 18.2 Å². The molecule has 2 aromatic carbocycles. The summed E-state index contributed by atoms with van der Waals surface area (Å²) in [5.74, 6) is -0.329. The van der Waals surface area contributed by atoms with Crippen LogP contribution in [0.25, 0.3) is 5.69 Å². The molecule has 4 aromatic rings. The maximum Gasteiger partial charge on any atom is 0.249 e. The maximum absolute atomic E-state index is 12.4. The quantitative estimate of drug-likeness (QED) is 0.483. The molecule has 0 spiro atoms. The Bertz CT molecular complexity index is 1140. The number of hydrogen-bond acceptors (Lipinski definition) is 5. The Balaban J connectivity index is 1.30. The molecule has 0 bridgehead atoms. The fraction of sp³-hybridized carbons (Fsp3) is 0.136. The molecule has 0 aliphatic heterocycles. The molecule has 0 radical (unpaired) electrons. The first-order valence-corrected chi connectivity index (χ1v) is 9.72. The Morgan fingerprint density at radius 1 is 0.968 bits per heavy atom. The largest absolute Gasteiger partial charge is 0.326 e. The summed E-state index contributed by atoms with van der Waals surface area (Å²) in [5.41, 5.74) is 3.12. The van der Waals surface area contributed by atoms with E-state index in [1.807, 2.05) is 36.5 Å². The molecule has 2 N–H and O–H groups in total. The number of nitrogens with zero attached hydrogens (tertiary/aromatic N) is 5. The molecule has 2 amide bonds. The van der Waals surface area contributed by atoms with Crippen LogP contribution in [0.1, 0.15) is 18.5 Å². The zero-order valence-electron chi connectivity index (χ0n) is 16.8. The van der Waals surface area contributed by atoms with Crippen molar-refractivity contribution in [2.75, 3.05) is 10.6 Å². The van der Waals surface area contributed by atoms with Crippen molar-refractivity contribution in [3.63, 3.8) is 0 Å². The minimum absolute atomic E-state index is 0.122. The fourth-order valence-electron chi connectivity index (χ4n) is 3.00. The molecular formula is C22H21N7O2. The Morgan fingerprint density at radius 2 is 1.68 bits per heavy atom. The van der Waals surface area contributed by atoms with Gasteiger partial charge in [0.1, 0.15) is 18.7 Å². The molecule has 9 heteroatoms. The molecule has 2 aromatic heterocycles. The van der Waals surface area contributed by atoms with Crippen molar-refractivity contribution in [1.82, 2.24) is 24.5 Å². The smallest absolute Gasteiger partial charge is 0.249 e. The Hall–Kier alpha value is -4.27. The van der Waals surface area contributed by atoms with Gasteiger partial charge >= 0.3 is 0 Å². The summed E-state index contributed by atoms with van der Waals surface area (Å²) in [5, 5.41) is 13.8. The second-order valence-electron chi connectivity index (χ2n) is 6.96. The standard InChI is InChI=1S/C22H21N7O2/c1-16(29-15-23-14-25-29)22(31)27-19-7-5-18(6-8-19)26-21(30)13-17-3-9-20(10-4-17)28-12-2-11-24-28/h2-12,14-16H,13H2,1H3,(H,26,30)(H,27,31)/t16-/m0/s1. The van der Waals surface area contributed by atoms with Gasteiger partial charge in [-0.05, 0) is 55.0 Å². The molecule has 0 unspecified atom stereocenters. The predicted molar refractivity (Wildman–Crippen MR) is 116 cm³/mol. The molecule has 0 fully saturated rings. The van der Waals surface area contributed by atoms with Crippen molar-refractivity contribution in [2.24, 2.45) is 0 Å². The molecular weight excluding hydrogens is 394 g/mol. The van der Waals surface area contributed by atoms with Gasteiger partial charge in [0, 0.05) is 23.8 Å². The van der Waals surface area contributed by atoms with E-state index >= 15 is 0 Å². The number of carbonyl (C=O) groups is 2. The number of carbonyl (C=O) groups excluding carboxylic acids is 2. The lowest BCUT2D eigenvalue weighted by Crippen LogP contribution is -2.24. The summed E-state index contributed by atoms with van der Waals surface area (Å²) < 4.78 is 3.24. The number of anilines is 2. The third kappa shape index (κ3) is 5.02. The van der Waals surface area contributed by atoms with Crippen LogP contribution in [-0.4, -0.2) is 36.4 Å². The number of hydrogen-bond donors (Lipinski definition) is 2. The van der Waals surface area contributed by atoms with Crippen LogP contribution in [0.3, 0.4) is 0 Å². The number of amides is 2. The first kappa shape index (κ1) is 20.0. The molecule has 31 heavy (non-hydrogen) atoms. The molecule has 0 saturated carbocycles. The van der Waals surface area contributed by atoms with Gasteiger partial charge in [0.15, 0.2) is 0 Å². The van der Waals surface area contributed by atoms with E-state index < -0.39 is 6.04 Å². The summed E-state index contributed by atoms with van der Waals surface area (Å²) >= 11 is 0. The fourth-order valence-corrected chi connectivity index (χ4v) is 3.00. The van der Waals surface area contributed by atoms with Crippen LogP contribution in [-0.2, 0) is 16.0 Å². The first-order chi connectivity index (χ1) is 15.1. The van der Waals surface area contributed by atoms with Gasteiger partial charge < -0.3 is 10.6 Å². The molecule has 0 aliphatic carbocycles. The number of rotatable bonds is 7. The van der Waals surface area contributed by atoms with Gasteiger partial charge in [-0.15, -0.1) is 0 Å². The third-order valence-corrected chi connectivity index (χ3v) is 4.72. The molecule has 0 saturated heterocycles. The number of benzene rings is 2. The lowest BCUT2D eigenvalue weighted by atomic mass is 10.1. The lowest BCUT2D eigenvalue weighted by Gasteiger charge is -2.12. The van der Waals surface area contributed by atoms with Crippen molar-refractivity contribution in [1.29, 1.82) is 0 Å². The molecule has 156 valence electrons. The van der Waals surface area contributed by atoms with E-state index in [4.69, 9.17) is 0 Å². The van der Waals surface area contributed by atoms with Crippen molar-refractivity contribution >= 4 is 23.2 Å². The zero-order valence-corrected chi connectivity index (χ0v) is 16.8. The van der Waals surface area contributed by atoms with Gasteiger partial charge in [-0.25, -0.2) is 14.3 Å². The van der Waals surface area contributed by atoms with Crippen molar-refractivity contribution in [3.8, 4) is 5.69 Å². The highest BCUT2D eigenvalue weighted by molar-refractivity contribution is 5.95. The van der Waals surface area contributed by atoms with E-state index in [0.717, 1.165) is 11.3 Å². The summed E-state index contributed by atoms with van der Waals surface area (Å²) in [6.07, 6.45) is 6.72. The SMILES string of the molecule is C[C@@H](C(=O)Nc1ccc(NC(=O)Cc2ccc(-n3cccn3)cc2)cc1)n1cncn1. The van der Waals surface area contributed by atoms with Crippen molar-refractivity contribution in [2.45, 2.75) is 19.4 Å². The van der Waals surface area contributed by atoms with Gasteiger partial charge in [0.25, 0.3) is 0 Å². The van der Waals surface area contributed by atoms with Crippen LogP contribution in [0, 0.1) is 0 Å². The Labute approximate surface area is 178 Å². The van der Waals surface area contributed by atoms with Gasteiger partial charge in [-0.2, -0.15) is 10.2 Å². The van der Waals surface area contributed by atoms with E-state index in [2.05, 4.69) is 25.8 Å². The molecule has 9 nitrogen and oxygen atoms in total. The second kappa shape index (κ2) is 9.04. The minimum Gasteiger partial charge on any atom is -0.326 e. The second-order valence-corrected chi connectivity index (χ2v) is 6.96. The van der Waals surface area contributed by atoms with E-state index in [1.165, 1.54) is 17.3 Å². The highest BCUT2D eigenvalue weighted by atomic mass is 16.2. The van der Waals surface area contributed by atoms with Gasteiger partial charge in [-0.3, -0.25) is 9.59 Å². The van der Waals surface area contributed by atoms with E-state index in [1.54, 1.807) is 42.1 Å². The minimum atomic E-state index is -0.485. The van der Waals surface area contributed by atoms with Crippen molar-refractivity contribution in [3.05, 3.63) is 85.2 Å². The molecule has 0 aliphatic rings.